The molecule has 1 aliphatic carbocycles. The Morgan fingerprint density at radius 1 is 1.20 bits per heavy atom. The summed E-state index contributed by atoms with van der Waals surface area (Å²) in [6, 6.07) is 11.0. The predicted molar refractivity (Wildman–Crippen MR) is 117 cm³/mol. The highest BCUT2D eigenvalue weighted by Gasteiger charge is 2.42. The maximum atomic E-state index is 13.5. The van der Waals surface area contributed by atoms with Crippen LogP contribution in [-0.2, 0) is 16.0 Å². The van der Waals surface area contributed by atoms with Crippen molar-refractivity contribution in [2.45, 2.75) is 57.7 Å². The summed E-state index contributed by atoms with van der Waals surface area (Å²) in [6.45, 7) is 5.83. The van der Waals surface area contributed by atoms with Gasteiger partial charge in [-0.3, -0.25) is 14.6 Å². The van der Waals surface area contributed by atoms with Crippen LogP contribution >= 0.6 is 0 Å². The van der Waals surface area contributed by atoms with Crippen LogP contribution in [-0.4, -0.2) is 38.3 Å². The van der Waals surface area contributed by atoms with E-state index in [4.69, 9.17) is 0 Å². The zero-order chi connectivity index (χ0) is 21.3. The highest BCUT2D eigenvalue weighted by Crippen LogP contribution is 2.36. The highest BCUT2D eigenvalue weighted by atomic mass is 16.2. The minimum absolute atomic E-state index is 0.0415. The van der Waals surface area contributed by atoms with E-state index in [0.29, 0.717) is 0 Å². The summed E-state index contributed by atoms with van der Waals surface area (Å²) in [7, 11) is 0. The Balaban J connectivity index is 1.67. The topological polar surface area (TPSA) is 78.1 Å². The number of hydrogen-bond acceptors (Lipinski definition) is 3. The normalized spacial score (nSPS) is 15.0. The molecule has 2 heterocycles. The summed E-state index contributed by atoms with van der Waals surface area (Å²) in [4.78, 5) is 36.1. The molecule has 156 valence electrons. The number of pyridine rings is 1. The highest BCUT2D eigenvalue weighted by molar-refractivity contribution is 5.93. The van der Waals surface area contributed by atoms with Crippen molar-refractivity contribution in [2.75, 3.05) is 0 Å². The summed E-state index contributed by atoms with van der Waals surface area (Å²) in [6.07, 6.45) is 7.33. The Kier molecular flexibility index (Phi) is 5.33. The zero-order valence-electron chi connectivity index (χ0n) is 17.7. The maximum absolute atomic E-state index is 13.5. The molecule has 0 bridgehead atoms. The van der Waals surface area contributed by atoms with Crippen LogP contribution in [0.25, 0.3) is 10.9 Å². The van der Waals surface area contributed by atoms with Crippen molar-refractivity contribution >= 4 is 22.7 Å². The molecule has 0 saturated heterocycles. The number of para-hydroxylation sites is 1. The van der Waals surface area contributed by atoms with Crippen LogP contribution < -0.4 is 5.32 Å². The van der Waals surface area contributed by atoms with Crippen molar-refractivity contribution in [3.63, 3.8) is 0 Å². The van der Waals surface area contributed by atoms with Gasteiger partial charge >= 0.3 is 0 Å². The van der Waals surface area contributed by atoms with E-state index in [1.54, 1.807) is 17.3 Å². The second kappa shape index (κ2) is 7.94. The van der Waals surface area contributed by atoms with Crippen LogP contribution in [0.4, 0.5) is 0 Å². The van der Waals surface area contributed by atoms with Gasteiger partial charge in [-0.25, -0.2) is 0 Å². The first-order valence-corrected chi connectivity index (χ1v) is 10.4. The first kappa shape index (κ1) is 20.1. The molecule has 2 aromatic heterocycles. The summed E-state index contributed by atoms with van der Waals surface area (Å²) >= 11 is 0. The van der Waals surface area contributed by atoms with Crippen molar-refractivity contribution in [1.82, 2.24) is 20.2 Å². The fraction of sp³-hybridized carbons (Fsp3) is 0.375. The Hall–Kier alpha value is -3.15. The second-order valence-electron chi connectivity index (χ2n) is 9.00. The van der Waals surface area contributed by atoms with Crippen molar-refractivity contribution in [2.24, 2.45) is 0 Å². The minimum Gasteiger partial charge on any atom is -0.361 e. The van der Waals surface area contributed by atoms with Crippen LogP contribution in [0.5, 0.6) is 0 Å². The van der Waals surface area contributed by atoms with Gasteiger partial charge in [0.2, 0.25) is 11.8 Å². The summed E-state index contributed by atoms with van der Waals surface area (Å²) in [5.41, 5.74) is 2.29. The molecule has 1 aliphatic rings. The average Bonchev–Trinajstić information content (AvgIpc) is 3.46. The Morgan fingerprint density at radius 2 is 1.97 bits per heavy atom. The molecule has 0 spiro atoms. The van der Waals surface area contributed by atoms with Crippen molar-refractivity contribution in [3.05, 3.63) is 66.1 Å². The first-order valence-electron chi connectivity index (χ1n) is 10.4. The van der Waals surface area contributed by atoms with Gasteiger partial charge in [-0.1, -0.05) is 24.3 Å². The van der Waals surface area contributed by atoms with Gasteiger partial charge in [0, 0.05) is 46.6 Å². The quantitative estimate of drug-likeness (QED) is 0.657. The molecular weight excluding hydrogens is 376 g/mol. The standard InChI is InChI=1S/C24H28N4O2/c1-24(2,3)27-23(30)22(16-7-6-12-25-14-16)28(18-10-11-18)21(29)13-17-15-26-20-9-5-4-8-19(17)20/h4-9,12,14-15,18,22,26H,10-11,13H2,1-3H3,(H,27,30). The molecule has 6 nitrogen and oxygen atoms in total. The van der Waals surface area contributed by atoms with Crippen LogP contribution in [0.15, 0.2) is 55.0 Å². The molecule has 6 heteroatoms. The number of nitrogens with zero attached hydrogens (tertiary/aromatic N) is 2. The minimum atomic E-state index is -0.692. The van der Waals surface area contributed by atoms with E-state index in [2.05, 4.69) is 15.3 Å². The monoisotopic (exact) mass is 404 g/mol. The Bertz CT molecular complexity index is 1050. The van der Waals surface area contributed by atoms with Gasteiger partial charge in [-0.2, -0.15) is 0 Å². The second-order valence-corrected chi connectivity index (χ2v) is 9.00. The third-order valence-corrected chi connectivity index (χ3v) is 5.27. The van der Waals surface area contributed by atoms with E-state index in [-0.39, 0.29) is 24.3 Å². The third-order valence-electron chi connectivity index (χ3n) is 5.27. The number of carbonyl (C=O) groups is 2. The lowest BCUT2D eigenvalue weighted by atomic mass is 10.0. The molecule has 1 unspecified atom stereocenters. The van der Waals surface area contributed by atoms with Gasteiger partial charge in [0.1, 0.15) is 6.04 Å². The summed E-state index contributed by atoms with van der Waals surface area (Å²) in [5, 5.41) is 4.10. The number of amides is 2. The molecule has 1 fully saturated rings. The number of carbonyl (C=O) groups excluding carboxylic acids is 2. The van der Waals surface area contributed by atoms with E-state index in [9.17, 15) is 9.59 Å². The molecule has 0 aliphatic heterocycles. The molecule has 0 radical (unpaired) electrons. The number of hydrogen-bond donors (Lipinski definition) is 2. The largest absolute Gasteiger partial charge is 0.361 e. The van der Waals surface area contributed by atoms with Crippen LogP contribution in [0.2, 0.25) is 0 Å². The van der Waals surface area contributed by atoms with Gasteiger partial charge in [0.25, 0.3) is 0 Å². The van der Waals surface area contributed by atoms with Crippen molar-refractivity contribution < 1.29 is 9.59 Å². The number of fused-ring (bicyclic) bond motifs is 1. The summed E-state index contributed by atoms with van der Waals surface area (Å²) < 4.78 is 0. The fourth-order valence-corrected chi connectivity index (χ4v) is 3.86. The van der Waals surface area contributed by atoms with Crippen molar-refractivity contribution in [1.29, 1.82) is 0 Å². The first-order chi connectivity index (χ1) is 14.3. The molecule has 1 atom stereocenters. The number of aromatic nitrogens is 2. The van der Waals surface area contributed by atoms with Gasteiger partial charge in [0.15, 0.2) is 0 Å². The number of aromatic amines is 1. The maximum Gasteiger partial charge on any atom is 0.247 e. The van der Waals surface area contributed by atoms with Crippen LogP contribution in [0.1, 0.15) is 50.8 Å². The summed E-state index contributed by atoms with van der Waals surface area (Å²) in [5.74, 6) is -0.213. The lowest BCUT2D eigenvalue weighted by molar-refractivity contribution is -0.141. The molecule has 2 amide bonds. The van der Waals surface area contributed by atoms with Crippen LogP contribution in [0.3, 0.4) is 0 Å². The molecular formula is C24H28N4O2. The van der Waals surface area contributed by atoms with E-state index >= 15 is 0 Å². The molecule has 30 heavy (non-hydrogen) atoms. The van der Waals surface area contributed by atoms with Crippen LogP contribution in [0, 0.1) is 0 Å². The van der Waals surface area contributed by atoms with Gasteiger partial charge < -0.3 is 15.2 Å². The van der Waals surface area contributed by atoms with Crippen molar-refractivity contribution in [3.8, 4) is 0 Å². The third kappa shape index (κ3) is 4.37. The van der Waals surface area contributed by atoms with Gasteiger partial charge in [-0.05, 0) is 51.3 Å². The predicted octanol–water partition coefficient (Wildman–Crippen LogP) is 3.75. The number of H-pyrrole nitrogens is 1. The molecule has 3 aromatic rings. The fourth-order valence-electron chi connectivity index (χ4n) is 3.86. The number of nitrogens with one attached hydrogen (secondary N) is 2. The lowest BCUT2D eigenvalue weighted by Gasteiger charge is -2.33. The van der Waals surface area contributed by atoms with Gasteiger partial charge in [0.05, 0.1) is 6.42 Å². The molecule has 4 rings (SSSR count). The van der Waals surface area contributed by atoms with E-state index < -0.39 is 11.6 Å². The molecule has 1 aromatic carbocycles. The van der Waals surface area contributed by atoms with Gasteiger partial charge in [-0.15, -0.1) is 0 Å². The zero-order valence-corrected chi connectivity index (χ0v) is 17.7. The van der Waals surface area contributed by atoms with E-state index in [1.807, 2.05) is 63.4 Å². The SMILES string of the molecule is CC(C)(C)NC(=O)C(c1cccnc1)N(C(=O)Cc1c[nH]c2ccccc12)C1CC1. The average molecular weight is 405 g/mol. The Morgan fingerprint density at radius 3 is 2.63 bits per heavy atom. The van der Waals surface area contributed by atoms with E-state index in [1.165, 1.54) is 0 Å². The number of rotatable bonds is 6. The number of benzene rings is 1. The van der Waals surface area contributed by atoms with E-state index in [0.717, 1.165) is 34.9 Å². The molecule has 1 saturated carbocycles. The smallest absolute Gasteiger partial charge is 0.247 e. The Labute approximate surface area is 176 Å². The molecule has 2 N–H and O–H groups in total. The lowest BCUT2D eigenvalue weighted by Crippen LogP contribution is -2.50.